The maximum absolute atomic E-state index is 13.5. The third kappa shape index (κ3) is 2.80. The normalized spacial score (nSPS) is 19.4. The molecule has 0 amide bonds. The maximum Gasteiger partial charge on any atom is 0.143 e. The van der Waals surface area contributed by atoms with Crippen molar-refractivity contribution in [2.45, 2.75) is 19.8 Å². The molecule has 0 saturated carbocycles. The molecular formula is C17H18FN5. The fourth-order valence-electron chi connectivity index (χ4n) is 2.62. The Morgan fingerprint density at radius 3 is 3.00 bits per heavy atom. The van der Waals surface area contributed by atoms with Crippen molar-refractivity contribution in [3.05, 3.63) is 65.2 Å². The fourth-order valence-corrected chi connectivity index (χ4v) is 2.62. The number of hydrogen-bond donors (Lipinski definition) is 3. The van der Waals surface area contributed by atoms with Crippen LogP contribution in [0.5, 0.6) is 0 Å². The van der Waals surface area contributed by atoms with Crippen molar-refractivity contribution in [2.24, 2.45) is 5.84 Å². The van der Waals surface area contributed by atoms with Gasteiger partial charge in [0.1, 0.15) is 17.5 Å². The number of allylic oxidation sites excluding steroid dienone is 3. The Morgan fingerprint density at radius 2 is 2.26 bits per heavy atom. The molecule has 0 unspecified atom stereocenters. The zero-order chi connectivity index (χ0) is 16.6. The Hall–Kier alpha value is -2.73. The van der Waals surface area contributed by atoms with Crippen LogP contribution in [0, 0.1) is 5.41 Å². The number of aromatic nitrogens is 1. The SMILES string of the molecule is C=CC1=CC(=N)N(N)/C(=C(\C)c2cnc3c(c2)C=C(F)CC3)N1. The average molecular weight is 311 g/mol. The topological polar surface area (TPSA) is 78.0 Å². The number of halogens is 1. The molecule has 23 heavy (non-hydrogen) atoms. The number of amidine groups is 1. The molecule has 1 aliphatic heterocycles. The number of fused-ring (bicyclic) bond motifs is 1. The molecule has 4 N–H and O–H groups in total. The Morgan fingerprint density at radius 1 is 1.48 bits per heavy atom. The van der Waals surface area contributed by atoms with Crippen LogP contribution in [0.2, 0.25) is 0 Å². The van der Waals surface area contributed by atoms with Crippen molar-refractivity contribution in [3.63, 3.8) is 0 Å². The van der Waals surface area contributed by atoms with Crippen molar-refractivity contribution in [1.29, 1.82) is 5.41 Å². The molecule has 3 rings (SSSR count). The average Bonchev–Trinajstić information content (AvgIpc) is 2.55. The predicted octanol–water partition coefficient (Wildman–Crippen LogP) is 2.85. The van der Waals surface area contributed by atoms with Gasteiger partial charge >= 0.3 is 0 Å². The van der Waals surface area contributed by atoms with Crippen LogP contribution < -0.4 is 11.2 Å². The number of nitrogens with one attached hydrogen (secondary N) is 2. The second-order valence-electron chi connectivity index (χ2n) is 5.51. The van der Waals surface area contributed by atoms with Crippen molar-refractivity contribution in [3.8, 4) is 0 Å². The van der Waals surface area contributed by atoms with Gasteiger partial charge in [-0.05, 0) is 42.7 Å². The van der Waals surface area contributed by atoms with Crippen molar-refractivity contribution in [1.82, 2.24) is 15.3 Å². The van der Waals surface area contributed by atoms with Crippen LogP contribution in [0.1, 0.15) is 30.2 Å². The second kappa shape index (κ2) is 5.81. The van der Waals surface area contributed by atoms with Crippen LogP contribution in [0.25, 0.3) is 11.6 Å². The number of rotatable bonds is 2. The summed E-state index contributed by atoms with van der Waals surface area (Å²) in [4.78, 5) is 4.43. The highest BCUT2D eigenvalue weighted by molar-refractivity contribution is 5.94. The van der Waals surface area contributed by atoms with Crippen LogP contribution in [-0.2, 0) is 6.42 Å². The minimum atomic E-state index is -0.128. The number of hydrazine groups is 1. The summed E-state index contributed by atoms with van der Waals surface area (Å²) >= 11 is 0. The lowest BCUT2D eigenvalue weighted by Gasteiger charge is -2.29. The fraction of sp³-hybridized carbons (Fsp3) is 0.176. The summed E-state index contributed by atoms with van der Waals surface area (Å²) in [7, 11) is 0. The van der Waals surface area contributed by atoms with Gasteiger partial charge in [0.15, 0.2) is 0 Å². The predicted molar refractivity (Wildman–Crippen MR) is 89.4 cm³/mol. The lowest BCUT2D eigenvalue weighted by atomic mass is 9.98. The van der Waals surface area contributed by atoms with E-state index in [1.165, 1.54) is 11.1 Å². The molecule has 0 atom stereocenters. The molecule has 0 radical (unpaired) electrons. The molecule has 0 saturated heterocycles. The monoisotopic (exact) mass is 311 g/mol. The van der Waals surface area contributed by atoms with Gasteiger partial charge in [0, 0.05) is 35.7 Å². The first-order valence-electron chi connectivity index (χ1n) is 7.30. The molecule has 6 heteroatoms. The summed E-state index contributed by atoms with van der Waals surface area (Å²) in [6.45, 7) is 5.59. The highest BCUT2D eigenvalue weighted by Gasteiger charge is 2.20. The minimum absolute atomic E-state index is 0.128. The largest absolute Gasteiger partial charge is 0.340 e. The molecule has 0 aromatic carbocycles. The third-order valence-corrected chi connectivity index (χ3v) is 3.98. The van der Waals surface area contributed by atoms with Gasteiger partial charge in [-0.1, -0.05) is 6.58 Å². The van der Waals surface area contributed by atoms with E-state index in [1.807, 2.05) is 13.0 Å². The van der Waals surface area contributed by atoms with E-state index >= 15 is 0 Å². The Balaban J connectivity index is 2.05. The first-order valence-corrected chi connectivity index (χ1v) is 7.30. The van der Waals surface area contributed by atoms with Crippen LogP contribution in [0.4, 0.5) is 4.39 Å². The Bertz CT molecular complexity index is 788. The zero-order valence-electron chi connectivity index (χ0n) is 12.9. The molecule has 0 bridgehead atoms. The summed E-state index contributed by atoms with van der Waals surface area (Å²) in [5.41, 5.74) is 4.03. The van der Waals surface area contributed by atoms with Crippen LogP contribution in [0.3, 0.4) is 0 Å². The number of aryl methyl sites for hydroxylation is 1. The molecular weight excluding hydrogens is 293 g/mol. The molecule has 1 aromatic rings. The van der Waals surface area contributed by atoms with Gasteiger partial charge in [-0.2, -0.15) is 0 Å². The lowest BCUT2D eigenvalue weighted by molar-refractivity contribution is 0.500. The Kier molecular flexibility index (Phi) is 3.83. The Labute approximate surface area is 134 Å². The molecule has 1 aromatic heterocycles. The lowest BCUT2D eigenvalue weighted by Crippen LogP contribution is -2.44. The van der Waals surface area contributed by atoms with Gasteiger partial charge in [0.2, 0.25) is 0 Å². The standard InChI is InChI=1S/C17H18FN5/c1-3-14-8-16(19)23(20)17(22-14)10(2)12-6-11-7-13(18)4-5-15(11)21-9-12/h3,6-9,19,22H,1,4-5,20H2,2H3/b17-10+,19-16?. The van der Waals surface area contributed by atoms with Crippen molar-refractivity contribution >= 4 is 17.5 Å². The van der Waals surface area contributed by atoms with E-state index < -0.39 is 0 Å². The van der Waals surface area contributed by atoms with Gasteiger partial charge < -0.3 is 5.32 Å². The van der Waals surface area contributed by atoms with Gasteiger partial charge in [0.05, 0.1) is 0 Å². The van der Waals surface area contributed by atoms with Crippen LogP contribution in [-0.4, -0.2) is 15.8 Å². The minimum Gasteiger partial charge on any atom is -0.340 e. The number of hydrogen-bond acceptors (Lipinski definition) is 4. The summed E-state index contributed by atoms with van der Waals surface area (Å²) in [6, 6.07) is 1.90. The van der Waals surface area contributed by atoms with E-state index in [0.717, 1.165) is 22.4 Å². The molecule has 5 nitrogen and oxygen atoms in total. The van der Waals surface area contributed by atoms with E-state index in [9.17, 15) is 4.39 Å². The zero-order valence-corrected chi connectivity index (χ0v) is 12.9. The molecule has 2 heterocycles. The van der Waals surface area contributed by atoms with Crippen molar-refractivity contribution < 1.29 is 4.39 Å². The maximum atomic E-state index is 13.5. The first-order chi connectivity index (χ1) is 11.0. The van der Waals surface area contributed by atoms with Crippen LogP contribution >= 0.6 is 0 Å². The smallest absolute Gasteiger partial charge is 0.143 e. The summed E-state index contributed by atoms with van der Waals surface area (Å²) < 4.78 is 13.5. The molecule has 0 spiro atoms. The quantitative estimate of drug-likeness (QED) is 0.734. The second-order valence-corrected chi connectivity index (χ2v) is 5.51. The highest BCUT2D eigenvalue weighted by atomic mass is 19.1. The molecule has 2 aliphatic rings. The van der Waals surface area contributed by atoms with Gasteiger partial charge in [0.25, 0.3) is 0 Å². The number of nitrogens with two attached hydrogens (primary N) is 1. The summed E-state index contributed by atoms with van der Waals surface area (Å²) in [5, 5.41) is 12.3. The van der Waals surface area contributed by atoms with E-state index in [4.69, 9.17) is 11.3 Å². The van der Waals surface area contributed by atoms with Gasteiger partial charge in [-0.3, -0.25) is 10.4 Å². The highest BCUT2D eigenvalue weighted by Crippen LogP contribution is 2.27. The van der Waals surface area contributed by atoms with Gasteiger partial charge in [-0.15, -0.1) is 0 Å². The van der Waals surface area contributed by atoms with Gasteiger partial charge in [-0.25, -0.2) is 15.2 Å². The van der Waals surface area contributed by atoms with Crippen LogP contribution in [0.15, 0.2) is 48.3 Å². The molecule has 1 aliphatic carbocycles. The van der Waals surface area contributed by atoms with Crippen molar-refractivity contribution in [2.75, 3.05) is 0 Å². The summed E-state index contributed by atoms with van der Waals surface area (Å²) in [5.74, 6) is 6.56. The third-order valence-electron chi connectivity index (χ3n) is 3.98. The van der Waals surface area contributed by atoms with E-state index in [0.29, 0.717) is 24.4 Å². The van der Waals surface area contributed by atoms with E-state index in [2.05, 4.69) is 16.9 Å². The molecule has 0 fully saturated rings. The molecule has 118 valence electrons. The summed E-state index contributed by atoms with van der Waals surface area (Å²) in [6.07, 6.45) is 7.51. The van der Waals surface area contributed by atoms with E-state index in [-0.39, 0.29) is 11.7 Å². The number of nitrogens with zero attached hydrogens (tertiary/aromatic N) is 2. The van der Waals surface area contributed by atoms with E-state index in [1.54, 1.807) is 18.3 Å². The first kappa shape index (κ1) is 15.2. The number of pyridine rings is 1.